The Morgan fingerprint density at radius 2 is 1.92 bits per heavy atom. The molecule has 10 nitrogen and oxygen atoms in total. The molecular weight excluding hydrogens is 499 g/mol. The van der Waals surface area contributed by atoms with Crippen molar-refractivity contribution in [1.29, 1.82) is 5.26 Å². The molecule has 1 aliphatic rings. The molecule has 0 aliphatic carbocycles. The molecule has 0 bridgehead atoms. The summed E-state index contributed by atoms with van der Waals surface area (Å²) in [6, 6.07) is 14.8. The van der Waals surface area contributed by atoms with Gasteiger partial charge in [0.2, 0.25) is 11.9 Å². The zero-order valence-electron chi connectivity index (χ0n) is 21.2. The van der Waals surface area contributed by atoms with Gasteiger partial charge in [-0.3, -0.25) is 14.2 Å². The van der Waals surface area contributed by atoms with Crippen LogP contribution in [-0.4, -0.2) is 58.6 Å². The van der Waals surface area contributed by atoms with Crippen LogP contribution >= 0.6 is 0 Å². The first kappa shape index (κ1) is 25.6. The Morgan fingerprint density at radius 3 is 2.64 bits per heavy atom. The quantitative estimate of drug-likeness (QED) is 0.369. The van der Waals surface area contributed by atoms with Gasteiger partial charge in [-0.2, -0.15) is 10.2 Å². The van der Waals surface area contributed by atoms with Crippen molar-refractivity contribution >= 4 is 40.0 Å². The van der Waals surface area contributed by atoms with E-state index in [1.54, 1.807) is 36.4 Å². The largest absolute Gasteiger partial charge is 0.367 e. The molecule has 39 heavy (non-hydrogen) atoms. The van der Waals surface area contributed by atoms with Gasteiger partial charge < -0.3 is 20.4 Å². The summed E-state index contributed by atoms with van der Waals surface area (Å²) in [5, 5.41) is 15.7. The van der Waals surface area contributed by atoms with Gasteiger partial charge in [-0.05, 0) is 49.5 Å². The van der Waals surface area contributed by atoms with Crippen molar-refractivity contribution in [2.24, 2.45) is 0 Å². The van der Waals surface area contributed by atoms with Crippen molar-refractivity contribution in [3.05, 3.63) is 89.1 Å². The maximum atomic E-state index is 15.0. The number of piperazine rings is 1. The van der Waals surface area contributed by atoms with Gasteiger partial charge in [-0.1, -0.05) is 12.6 Å². The van der Waals surface area contributed by atoms with E-state index in [-0.39, 0.29) is 28.5 Å². The van der Waals surface area contributed by atoms with Crippen molar-refractivity contribution in [2.75, 3.05) is 48.8 Å². The maximum Gasteiger partial charge on any atom is 0.247 e. The molecule has 0 unspecified atom stereocenters. The summed E-state index contributed by atoms with van der Waals surface area (Å²) in [5.41, 5.74) is 1.74. The molecule has 1 saturated heterocycles. The predicted molar refractivity (Wildman–Crippen MR) is 148 cm³/mol. The lowest BCUT2D eigenvalue weighted by Crippen LogP contribution is -2.44. The zero-order valence-corrected chi connectivity index (χ0v) is 21.2. The topological polar surface area (TPSA) is 119 Å². The number of nitrogens with zero attached hydrogens (tertiary/aromatic N) is 6. The van der Waals surface area contributed by atoms with Crippen LogP contribution in [0.2, 0.25) is 0 Å². The normalized spacial score (nSPS) is 13.6. The first-order valence-corrected chi connectivity index (χ1v) is 12.2. The number of amides is 1. The van der Waals surface area contributed by atoms with Crippen LogP contribution in [0.3, 0.4) is 0 Å². The fourth-order valence-electron chi connectivity index (χ4n) is 4.44. The first-order valence-electron chi connectivity index (χ1n) is 12.2. The van der Waals surface area contributed by atoms with Gasteiger partial charge in [0.25, 0.3) is 0 Å². The van der Waals surface area contributed by atoms with Gasteiger partial charge in [0.05, 0.1) is 16.8 Å². The minimum atomic E-state index is -0.414. The van der Waals surface area contributed by atoms with E-state index in [2.05, 4.69) is 32.1 Å². The summed E-state index contributed by atoms with van der Waals surface area (Å²) in [6.07, 6.45) is 2.51. The fourth-order valence-corrected chi connectivity index (χ4v) is 4.44. The summed E-state index contributed by atoms with van der Waals surface area (Å²) in [5.74, 6) is -0.641. The Hall–Kier alpha value is -5.08. The number of halogens is 1. The van der Waals surface area contributed by atoms with Crippen LogP contribution in [-0.2, 0) is 4.79 Å². The van der Waals surface area contributed by atoms with Gasteiger partial charge in [0.15, 0.2) is 11.1 Å². The predicted octanol–water partition coefficient (Wildman–Crippen LogP) is 3.41. The number of nitrogens with one attached hydrogen (secondary N) is 2. The van der Waals surface area contributed by atoms with E-state index in [0.29, 0.717) is 22.7 Å². The number of carbonyl (C=O) groups excluding carboxylic acids is 1. The minimum absolute atomic E-state index is 0.0481. The number of aromatic nitrogens is 3. The summed E-state index contributed by atoms with van der Waals surface area (Å²) in [7, 11) is 2.04. The van der Waals surface area contributed by atoms with Crippen molar-refractivity contribution in [2.45, 2.75) is 0 Å². The van der Waals surface area contributed by atoms with E-state index in [1.165, 1.54) is 22.9 Å². The standard InChI is InChI=1S/C28H25FN8O2/c1-3-26(39)32-18-5-4-6-20(13-18)37-21(16-30)15-25(38)22-17-31-28(34-27(22)37)33-19-7-8-24(23(29)14-19)36-11-9-35(2)10-12-36/h3-8,13-15,17H,1,9-12H2,2H3,(H,32,39)(H,31,33,34). The Bertz CT molecular complexity index is 1690. The molecule has 2 N–H and O–H groups in total. The maximum absolute atomic E-state index is 15.0. The molecule has 11 heteroatoms. The molecule has 196 valence electrons. The zero-order chi connectivity index (χ0) is 27.5. The van der Waals surface area contributed by atoms with Crippen molar-refractivity contribution in [3.63, 3.8) is 0 Å². The Kier molecular flexibility index (Phi) is 7.03. The van der Waals surface area contributed by atoms with Gasteiger partial charge in [-0.25, -0.2) is 9.37 Å². The Balaban J connectivity index is 1.52. The third-order valence-electron chi connectivity index (χ3n) is 6.47. The van der Waals surface area contributed by atoms with Crippen LogP contribution in [0.5, 0.6) is 0 Å². The summed E-state index contributed by atoms with van der Waals surface area (Å²) in [6.45, 7) is 6.65. The third-order valence-corrected chi connectivity index (χ3v) is 6.47. The molecule has 2 aromatic heterocycles. The number of pyridine rings is 1. The van der Waals surface area contributed by atoms with Crippen LogP contribution in [0, 0.1) is 17.1 Å². The molecule has 0 saturated carbocycles. The summed E-state index contributed by atoms with van der Waals surface area (Å²) >= 11 is 0. The summed E-state index contributed by atoms with van der Waals surface area (Å²) < 4.78 is 16.5. The Morgan fingerprint density at radius 1 is 1.13 bits per heavy atom. The van der Waals surface area contributed by atoms with Crippen LogP contribution in [0.15, 0.2) is 72.2 Å². The van der Waals surface area contributed by atoms with Gasteiger partial charge in [-0.15, -0.1) is 0 Å². The highest BCUT2D eigenvalue weighted by Crippen LogP contribution is 2.26. The van der Waals surface area contributed by atoms with E-state index in [9.17, 15) is 14.9 Å². The molecule has 0 radical (unpaired) electrons. The highest BCUT2D eigenvalue weighted by Gasteiger charge is 2.18. The highest BCUT2D eigenvalue weighted by molar-refractivity contribution is 5.99. The lowest BCUT2D eigenvalue weighted by Gasteiger charge is -2.34. The molecule has 0 atom stereocenters. The van der Waals surface area contributed by atoms with Gasteiger partial charge >= 0.3 is 0 Å². The van der Waals surface area contributed by atoms with Crippen LogP contribution in [0.1, 0.15) is 5.69 Å². The summed E-state index contributed by atoms with van der Waals surface area (Å²) in [4.78, 5) is 37.5. The monoisotopic (exact) mass is 524 g/mol. The second kappa shape index (κ2) is 10.7. The number of fused-ring (bicyclic) bond motifs is 1. The number of rotatable bonds is 6. The third kappa shape index (κ3) is 5.32. The molecule has 0 spiro atoms. The number of hydrogen-bond acceptors (Lipinski definition) is 8. The van der Waals surface area contributed by atoms with Crippen LogP contribution in [0.25, 0.3) is 16.7 Å². The first-order chi connectivity index (χ1) is 18.9. The van der Waals surface area contributed by atoms with E-state index in [4.69, 9.17) is 0 Å². The van der Waals surface area contributed by atoms with E-state index in [1.807, 2.05) is 18.0 Å². The van der Waals surface area contributed by atoms with Gasteiger partial charge in [0, 0.05) is 49.8 Å². The fraction of sp³-hybridized carbons (Fsp3) is 0.179. The average molecular weight is 525 g/mol. The van der Waals surface area contributed by atoms with Crippen LogP contribution < -0.4 is 21.0 Å². The van der Waals surface area contributed by atoms with Gasteiger partial charge in [0.1, 0.15) is 17.6 Å². The van der Waals surface area contributed by atoms with E-state index in [0.717, 1.165) is 32.3 Å². The second-order valence-electron chi connectivity index (χ2n) is 9.10. The van der Waals surface area contributed by atoms with Crippen molar-refractivity contribution in [1.82, 2.24) is 19.4 Å². The smallest absolute Gasteiger partial charge is 0.247 e. The number of hydrogen-bond donors (Lipinski definition) is 2. The molecule has 3 heterocycles. The average Bonchev–Trinajstić information content (AvgIpc) is 2.93. The number of anilines is 4. The van der Waals surface area contributed by atoms with E-state index >= 15 is 4.39 Å². The molecule has 4 aromatic rings. The van der Waals surface area contributed by atoms with E-state index < -0.39 is 11.3 Å². The molecule has 1 aliphatic heterocycles. The lowest BCUT2D eigenvalue weighted by molar-refractivity contribution is -0.111. The number of nitriles is 1. The number of likely N-dealkylation sites (N-methyl/N-ethyl adjacent to an activating group) is 1. The molecule has 1 amide bonds. The minimum Gasteiger partial charge on any atom is -0.367 e. The molecule has 2 aromatic carbocycles. The highest BCUT2D eigenvalue weighted by atomic mass is 19.1. The lowest BCUT2D eigenvalue weighted by atomic mass is 10.2. The number of benzene rings is 2. The van der Waals surface area contributed by atoms with Crippen molar-refractivity contribution in [3.8, 4) is 11.8 Å². The molecular formula is C28H25FN8O2. The van der Waals surface area contributed by atoms with Crippen molar-refractivity contribution < 1.29 is 9.18 Å². The number of carbonyl (C=O) groups is 1. The van der Waals surface area contributed by atoms with Crippen LogP contribution in [0.4, 0.5) is 27.4 Å². The molecule has 5 rings (SSSR count). The molecule has 1 fully saturated rings. The second-order valence-corrected chi connectivity index (χ2v) is 9.10. The Labute approximate surface area is 223 Å². The SMILES string of the molecule is C=CC(=O)Nc1cccc(-n2c(C#N)cc(=O)c3cnc(Nc4ccc(N5CCN(C)CC5)c(F)c4)nc32)c1.